The standard InChI is InChI=1S/C15H27NO4/c1-10(2)15(18)6-11-8-19-9-12(7-15)16(11)13(17)20-14(3,4)5/h10-12,18H,6-9H2,1-5H3. The van der Waals surface area contributed by atoms with Crippen molar-refractivity contribution in [3.05, 3.63) is 0 Å². The summed E-state index contributed by atoms with van der Waals surface area (Å²) in [6.45, 7) is 10.6. The van der Waals surface area contributed by atoms with Crippen LogP contribution in [-0.4, -0.2) is 52.6 Å². The maximum atomic E-state index is 12.4. The van der Waals surface area contributed by atoms with E-state index in [1.165, 1.54) is 0 Å². The van der Waals surface area contributed by atoms with Crippen LogP contribution in [0, 0.1) is 5.92 Å². The molecule has 2 aliphatic heterocycles. The van der Waals surface area contributed by atoms with Crippen LogP contribution in [0.1, 0.15) is 47.5 Å². The lowest BCUT2D eigenvalue weighted by molar-refractivity contribution is -0.152. The molecule has 5 nitrogen and oxygen atoms in total. The molecule has 0 aromatic rings. The number of piperidine rings is 1. The van der Waals surface area contributed by atoms with Gasteiger partial charge in [0.05, 0.1) is 30.9 Å². The van der Waals surface area contributed by atoms with E-state index < -0.39 is 11.2 Å². The van der Waals surface area contributed by atoms with Gasteiger partial charge in [0, 0.05) is 0 Å². The lowest BCUT2D eigenvalue weighted by atomic mass is 9.75. The van der Waals surface area contributed by atoms with Gasteiger partial charge >= 0.3 is 6.09 Å². The fourth-order valence-electron chi connectivity index (χ4n) is 3.10. The predicted molar refractivity (Wildman–Crippen MR) is 75.5 cm³/mol. The van der Waals surface area contributed by atoms with Gasteiger partial charge in [-0.2, -0.15) is 0 Å². The zero-order valence-corrected chi connectivity index (χ0v) is 13.2. The highest BCUT2D eigenvalue weighted by Gasteiger charge is 2.50. The van der Waals surface area contributed by atoms with Crippen LogP contribution in [0.2, 0.25) is 0 Å². The molecule has 2 aliphatic rings. The van der Waals surface area contributed by atoms with Gasteiger partial charge in [-0.25, -0.2) is 4.79 Å². The normalized spacial score (nSPS) is 34.2. The molecule has 2 bridgehead atoms. The summed E-state index contributed by atoms with van der Waals surface area (Å²) in [7, 11) is 0. The summed E-state index contributed by atoms with van der Waals surface area (Å²) in [5.41, 5.74) is -1.21. The lowest BCUT2D eigenvalue weighted by Gasteiger charge is -2.52. The molecule has 0 radical (unpaired) electrons. The van der Waals surface area contributed by atoms with Gasteiger partial charge < -0.3 is 14.6 Å². The van der Waals surface area contributed by atoms with Crippen LogP contribution in [0.25, 0.3) is 0 Å². The number of nitrogens with zero attached hydrogens (tertiary/aromatic N) is 1. The molecular weight excluding hydrogens is 258 g/mol. The van der Waals surface area contributed by atoms with Crippen molar-refractivity contribution in [1.29, 1.82) is 0 Å². The van der Waals surface area contributed by atoms with E-state index in [1.807, 2.05) is 34.6 Å². The molecule has 116 valence electrons. The van der Waals surface area contributed by atoms with E-state index in [-0.39, 0.29) is 24.1 Å². The van der Waals surface area contributed by atoms with E-state index in [0.29, 0.717) is 26.1 Å². The van der Waals surface area contributed by atoms with E-state index in [4.69, 9.17) is 9.47 Å². The lowest BCUT2D eigenvalue weighted by Crippen LogP contribution is -2.65. The third kappa shape index (κ3) is 3.09. The number of hydrogen-bond donors (Lipinski definition) is 1. The average Bonchev–Trinajstić information content (AvgIpc) is 2.24. The minimum absolute atomic E-state index is 0.0928. The van der Waals surface area contributed by atoms with Crippen LogP contribution in [0.3, 0.4) is 0 Å². The van der Waals surface area contributed by atoms with E-state index in [2.05, 4.69) is 0 Å². The number of amides is 1. The van der Waals surface area contributed by atoms with Gasteiger partial charge in [0.1, 0.15) is 5.60 Å². The van der Waals surface area contributed by atoms with Crippen LogP contribution in [-0.2, 0) is 9.47 Å². The van der Waals surface area contributed by atoms with Crippen molar-refractivity contribution in [2.45, 2.75) is 70.7 Å². The summed E-state index contributed by atoms with van der Waals surface area (Å²) < 4.78 is 11.1. The highest BCUT2D eigenvalue weighted by atomic mass is 16.6. The molecule has 0 saturated carbocycles. The Morgan fingerprint density at radius 3 is 2.20 bits per heavy atom. The number of carbonyl (C=O) groups is 1. The molecule has 1 N–H and O–H groups in total. The maximum absolute atomic E-state index is 12.4. The van der Waals surface area contributed by atoms with Crippen molar-refractivity contribution in [3.63, 3.8) is 0 Å². The van der Waals surface area contributed by atoms with Gasteiger partial charge in [-0.3, -0.25) is 4.90 Å². The first kappa shape index (κ1) is 15.6. The third-order valence-corrected chi connectivity index (χ3v) is 4.26. The van der Waals surface area contributed by atoms with Crippen molar-refractivity contribution in [3.8, 4) is 0 Å². The van der Waals surface area contributed by atoms with Gasteiger partial charge in [-0.1, -0.05) is 13.8 Å². The Morgan fingerprint density at radius 1 is 1.30 bits per heavy atom. The van der Waals surface area contributed by atoms with Crippen LogP contribution >= 0.6 is 0 Å². The minimum Gasteiger partial charge on any atom is -0.444 e. The molecule has 1 amide bonds. The van der Waals surface area contributed by atoms with E-state index in [0.717, 1.165) is 0 Å². The van der Waals surface area contributed by atoms with Crippen molar-refractivity contribution in [1.82, 2.24) is 4.90 Å². The van der Waals surface area contributed by atoms with Crippen molar-refractivity contribution in [2.24, 2.45) is 5.92 Å². The Labute approximate surface area is 121 Å². The summed E-state index contributed by atoms with van der Waals surface area (Å²) in [6, 6.07) is -0.186. The third-order valence-electron chi connectivity index (χ3n) is 4.26. The van der Waals surface area contributed by atoms with E-state index in [9.17, 15) is 9.90 Å². The summed E-state index contributed by atoms with van der Waals surface area (Å²) in [5.74, 6) is 0.173. The molecule has 5 heteroatoms. The SMILES string of the molecule is CC(C)C1(O)CC2COCC(C1)N2C(=O)OC(C)(C)C. The highest BCUT2D eigenvalue weighted by Crippen LogP contribution is 2.39. The maximum Gasteiger partial charge on any atom is 0.410 e. The van der Waals surface area contributed by atoms with Crippen LogP contribution in [0.15, 0.2) is 0 Å². The molecule has 2 saturated heterocycles. The number of hydrogen-bond acceptors (Lipinski definition) is 4. The first-order chi connectivity index (χ1) is 9.12. The molecule has 0 aliphatic carbocycles. The minimum atomic E-state index is -0.711. The number of ether oxygens (including phenoxy) is 2. The van der Waals surface area contributed by atoms with E-state index >= 15 is 0 Å². The van der Waals surface area contributed by atoms with Gasteiger partial charge in [-0.05, 0) is 39.5 Å². The summed E-state index contributed by atoms with van der Waals surface area (Å²) in [4.78, 5) is 14.2. The Hall–Kier alpha value is -0.810. The average molecular weight is 285 g/mol. The summed E-state index contributed by atoms with van der Waals surface area (Å²) >= 11 is 0. The monoisotopic (exact) mass is 285 g/mol. The topological polar surface area (TPSA) is 59.0 Å². The molecule has 2 unspecified atom stereocenters. The smallest absolute Gasteiger partial charge is 0.410 e. The molecule has 2 rings (SSSR count). The molecular formula is C15H27NO4. The largest absolute Gasteiger partial charge is 0.444 e. The Bertz CT molecular complexity index is 361. The Morgan fingerprint density at radius 2 is 1.80 bits per heavy atom. The Kier molecular flexibility index (Phi) is 4.04. The van der Waals surface area contributed by atoms with Crippen LogP contribution < -0.4 is 0 Å². The number of aliphatic hydroxyl groups is 1. The zero-order chi connectivity index (χ0) is 15.1. The summed E-state index contributed by atoms with van der Waals surface area (Å²) in [5, 5.41) is 10.8. The first-order valence-electron chi connectivity index (χ1n) is 7.44. The van der Waals surface area contributed by atoms with Crippen molar-refractivity contribution >= 4 is 6.09 Å². The second-order valence-corrected chi connectivity index (χ2v) is 7.40. The molecule has 2 heterocycles. The number of fused-ring (bicyclic) bond motifs is 2. The van der Waals surface area contributed by atoms with Crippen LogP contribution in [0.4, 0.5) is 4.79 Å². The first-order valence-corrected chi connectivity index (χ1v) is 7.44. The van der Waals surface area contributed by atoms with Gasteiger partial charge in [0.25, 0.3) is 0 Å². The number of rotatable bonds is 1. The van der Waals surface area contributed by atoms with Gasteiger partial charge in [0.2, 0.25) is 0 Å². The molecule has 0 aromatic carbocycles. The highest BCUT2D eigenvalue weighted by molar-refractivity contribution is 5.69. The number of carbonyl (C=O) groups excluding carboxylic acids is 1. The van der Waals surface area contributed by atoms with Gasteiger partial charge in [0.15, 0.2) is 0 Å². The van der Waals surface area contributed by atoms with Crippen LogP contribution in [0.5, 0.6) is 0 Å². The molecule has 2 atom stereocenters. The zero-order valence-electron chi connectivity index (χ0n) is 13.2. The number of morpholine rings is 1. The van der Waals surface area contributed by atoms with Crippen molar-refractivity contribution in [2.75, 3.05) is 13.2 Å². The fourth-order valence-corrected chi connectivity index (χ4v) is 3.10. The van der Waals surface area contributed by atoms with E-state index in [1.54, 1.807) is 4.90 Å². The van der Waals surface area contributed by atoms with Gasteiger partial charge in [-0.15, -0.1) is 0 Å². The molecule has 0 aromatic heterocycles. The fraction of sp³-hybridized carbons (Fsp3) is 0.933. The molecule has 2 fully saturated rings. The summed E-state index contributed by atoms with van der Waals surface area (Å²) in [6.07, 6.45) is 0.822. The second kappa shape index (κ2) is 5.19. The predicted octanol–water partition coefficient (Wildman–Crippen LogP) is 2.17. The Balaban J connectivity index is 2.15. The molecule has 20 heavy (non-hydrogen) atoms. The van der Waals surface area contributed by atoms with Crippen molar-refractivity contribution < 1.29 is 19.4 Å². The molecule has 0 spiro atoms. The second-order valence-electron chi connectivity index (χ2n) is 7.40. The quantitative estimate of drug-likeness (QED) is 0.802.